The number of benzene rings is 1. The van der Waals surface area contributed by atoms with Crippen molar-refractivity contribution in [2.45, 2.75) is 18.9 Å². The number of rotatable bonds is 0. The van der Waals surface area contributed by atoms with Crippen LogP contribution in [-0.2, 0) is 9.59 Å². The molecule has 1 aromatic rings. The molecule has 3 amide bonds. The van der Waals surface area contributed by atoms with E-state index >= 15 is 0 Å². The summed E-state index contributed by atoms with van der Waals surface area (Å²) < 4.78 is 0. The molecule has 0 saturated carbocycles. The van der Waals surface area contributed by atoms with Crippen LogP contribution in [0.3, 0.4) is 0 Å². The van der Waals surface area contributed by atoms with Crippen LogP contribution in [0.5, 0.6) is 0 Å². The van der Waals surface area contributed by atoms with Gasteiger partial charge in [-0.3, -0.25) is 19.3 Å². The molecule has 5 heteroatoms. The maximum Gasteiger partial charge on any atom is 0.263 e. The lowest BCUT2D eigenvalue weighted by molar-refractivity contribution is -0.130. The van der Waals surface area contributed by atoms with E-state index in [9.17, 15) is 14.4 Å². The first-order valence-electron chi connectivity index (χ1n) is 5.45. The molecule has 1 atom stereocenters. The SMILES string of the molecule is O=C1Nc2ccccc2C(=O)N2C(=O)CC[C@@H]12. The molecule has 0 aliphatic carbocycles. The van der Waals surface area contributed by atoms with Crippen LogP contribution in [0.4, 0.5) is 5.69 Å². The second-order valence-electron chi connectivity index (χ2n) is 4.16. The summed E-state index contributed by atoms with van der Waals surface area (Å²) in [5.74, 6) is -0.938. The first kappa shape index (κ1) is 10.0. The maximum absolute atomic E-state index is 12.2. The van der Waals surface area contributed by atoms with Gasteiger partial charge in [0.1, 0.15) is 6.04 Å². The van der Waals surface area contributed by atoms with Gasteiger partial charge in [0, 0.05) is 6.42 Å². The van der Waals surface area contributed by atoms with Crippen molar-refractivity contribution < 1.29 is 14.4 Å². The summed E-state index contributed by atoms with van der Waals surface area (Å²) in [4.78, 5) is 36.8. The van der Waals surface area contributed by atoms with Crippen molar-refractivity contribution >= 4 is 23.4 Å². The fourth-order valence-electron chi connectivity index (χ4n) is 2.31. The van der Waals surface area contributed by atoms with Crippen molar-refractivity contribution in [2.75, 3.05) is 5.32 Å². The molecule has 5 nitrogen and oxygen atoms in total. The van der Waals surface area contributed by atoms with Crippen LogP contribution >= 0.6 is 0 Å². The van der Waals surface area contributed by atoms with Gasteiger partial charge < -0.3 is 5.32 Å². The van der Waals surface area contributed by atoms with Gasteiger partial charge in [0.2, 0.25) is 11.8 Å². The van der Waals surface area contributed by atoms with Gasteiger partial charge in [-0.25, -0.2) is 0 Å². The molecule has 0 radical (unpaired) electrons. The van der Waals surface area contributed by atoms with Gasteiger partial charge in [-0.1, -0.05) is 12.1 Å². The first-order valence-corrected chi connectivity index (χ1v) is 5.45. The Morgan fingerprint density at radius 3 is 2.76 bits per heavy atom. The van der Waals surface area contributed by atoms with E-state index in [1.807, 2.05) is 0 Å². The van der Waals surface area contributed by atoms with Gasteiger partial charge in [-0.05, 0) is 18.6 Å². The van der Waals surface area contributed by atoms with Gasteiger partial charge >= 0.3 is 0 Å². The minimum absolute atomic E-state index is 0.256. The fourth-order valence-corrected chi connectivity index (χ4v) is 2.31. The Hall–Kier alpha value is -2.17. The number of nitrogens with one attached hydrogen (secondary N) is 1. The molecule has 1 aromatic carbocycles. The summed E-state index contributed by atoms with van der Waals surface area (Å²) in [6, 6.07) is 6.08. The molecule has 3 rings (SSSR count). The van der Waals surface area contributed by atoms with Crippen molar-refractivity contribution in [2.24, 2.45) is 0 Å². The molecule has 86 valence electrons. The summed E-state index contributed by atoms with van der Waals surface area (Å²) in [7, 11) is 0. The Balaban J connectivity index is 2.15. The molecule has 1 N–H and O–H groups in total. The highest BCUT2D eigenvalue weighted by atomic mass is 16.2. The molecular weight excluding hydrogens is 220 g/mol. The predicted molar refractivity (Wildman–Crippen MR) is 59.3 cm³/mol. The summed E-state index contributed by atoms with van der Waals surface area (Å²) in [5.41, 5.74) is 0.850. The quantitative estimate of drug-likeness (QED) is 0.669. The van der Waals surface area contributed by atoms with E-state index in [1.54, 1.807) is 24.3 Å². The summed E-state index contributed by atoms with van der Waals surface area (Å²) in [6.45, 7) is 0. The molecule has 2 aliphatic heterocycles. The minimum atomic E-state index is -0.651. The number of fused-ring (bicyclic) bond motifs is 2. The Kier molecular flexibility index (Phi) is 2.01. The number of anilines is 1. The smallest absolute Gasteiger partial charge is 0.263 e. The van der Waals surface area contributed by atoms with Gasteiger partial charge in [-0.2, -0.15) is 0 Å². The van der Waals surface area contributed by atoms with Crippen LogP contribution < -0.4 is 5.32 Å². The molecule has 0 bridgehead atoms. The number of carbonyl (C=O) groups excluding carboxylic acids is 3. The number of carbonyl (C=O) groups is 3. The van der Waals surface area contributed by atoms with Crippen molar-refractivity contribution in [3.8, 4) is 0 Å². The summed E-state index contributed by atoms with van der Waals surface area (Å²) in [5, 5.41) is 2.69. The Bertz CT molecular complexity index is 538. The summed E-state index contributed by atoms with van der Waals surface area (Å²) in [6.07, 6.45) is 0.663. The van der Waals surface area contributed by atoms with E-state index < -0.39 is 6.04 Å². The second-order valence-corrected chi connectivity index (χ2v) is 4.16. The molecule has 0 aromatic heterocycles. The molecule has 0 spiro atoms. The normalized spacial score (nSPS) is 22.9. The zero-order valence-electron chi connectivity index (χ0n) is 8.97. The van der Waals surface area contributed by atoms with Crippen molar-refractivity contribution in [1.29, 1.82) is 0 Å². The van der Waals surface area contributed by atoms with E-state index in [0.29, 0.717) is 17.7 Å². The lowest BCUT2D eigenvalue weighted by Crippen LogP contribution is -2.42. The molecule has 2 aliphatic rings. The standard InChI is InChI=1S/C12H10N2O3/c15-10-6-5-9-11(16)13-8-4-2-1-3-7(8)12(17)14(9)10/h1-4,9H,5-6H2,(H,13,16)/t9-/m0/s1. The maximum atomic E-state index is 12.2. The third kappa shape index (κ3) is 1.35. The molecule has 17 heavy (non-hydrogen) atoms. The Morgan fingerprint density at radius 1 is 1.18 bits per heavy atom. The van der Waals surface area contributed by atoms with Crippen molar-refractivity contribution in [3.05, 3.63) is 29.8 Å². The lowest BCUT2D eigenvalue weighted by Gasteiger charge is -2.17. The van der Waals surface area contributed by atoms with Crippen molar-refractivity contribution in [1.82, 2.24) is 4.90 Å². The number of hydrogen-bond acceptors (Lipinski definition) is 3. The van der Waals surface area contributed by atoms with Crippen molar-refractivity contribution in [3.63, 3.8) is 0 Å². The van der Waals surface area contributed by atoms with Gasteiger partial charge in [0.25, 0.3) is 5.91 Å². The highest BCUT2D eigenvalue weighted by molar-refractivity contribution is 6.16. The number of para-hydroxylation sites is 1. The first-order chi connectivity index (χ1) is 8.18. The third-order valence-corrected chi connectivity index (χ3v) is 3.15. The largest absolute Gasteiger partial charge is 0.324 e. The van der Waals surface area contributed by atoms with E-state index in [2.05, 4.69) is 5.32 Å². The Labute approximate surface area is 97.4 Å². The number of hydrogen-bond donors (Lipinski definition) is 1. The van der Waals surface area contributed by atoms with E-state index in [0.717, 1.165) is 4.90 Å². The van der Waals surface area contributed by atoms with Gasteiger partial charge in [0.15, 0.2) is 0 Å². The van der Waals surface area contributed by atoms with E-state index in [1.165, 1.54) is 0 Å². The zero-order valence-corrected chi connectivity index (χ0v) is 8.97. The number of nitrogens with zero attached hydrogens (tertiary/aromatic N) is 1. The average molecular weight is 230 g/mol. The highest BCUT2D eigenvalue weighted by Crippen LogP contribution is 2.28. The molecule has 1 fully saturated rings. The average Bonchev–Trinajstić information content (AvgIpc) is 2.66. The Morgan fingerprint density at radius 2 is 1.94 bits per heavy atom. The van der Waals surface area contributed by atoms with Crippen LogP contribution in [0.25, 0.3) is 0 Å². The topological polar surface area (TPSA) is 66.5 Å². The van der Waals surface area contributed by atoms with Crippen LogP contribution in [0.1, 0.15) is 23.2 Å². The van der Waals surface area contributed by atoms with Crippen LogP contribution in [0.2, 0.25) is 0 Å². The van der Waals surface area contributed by atoms with E-state index in [4.69, 9.17) is 0 Å². The van der Waals surface area contributed by atoms with Gasteiger partial charge in [0.05, 0.1) is 11.3 Å². The monoisotopic (exact) mass is 230 g/mol. The summed E-state index contributed by atoms with van der Waals surface area (Å²) >= 11 is 0. The van der Waals surface area contributed by atoms with Crippen LogP contribution in [0, 0.1) is 0 Å². The van der Waals surface area contributed by atoms with Gasteiger partial charge in [-0.15, -0.1) is 0 Å². The molecular formula is C12H10N2O3. The van der Waals surface area contributed by atoms with Crippen LogP contribution in [-0.4, -0.2) is 28.7 Å². The van der Waals surface area contributed by atoms with E-state index in [-0.39, 0.29) is 24.1 Å². The fraction of sp³-hybridized carbons (Fsp3) is 0.250. The molecule has 1 saturated heterocycles. The molecule has 2 heterocycles. The number of amides is 3. The zero-order chi connectivity index (χ0) is 12.0. The van der Waals surface area contributed by atoms with Crippen LogP contribution in [0.15, 0.2) is 24.3 Å². The predicted octanol–water partition coefficient (Wildman–Crippen LogP) is 0.770. The molecule has 0 unspecified atom stereocenters. The number of imide groups is 1. The minimum Gasteiger partial charge on any atom is -0.324 e. The highest BCUT2D eigenvalue weighted by Gasteiger charge is 2.43. The third-order valence-electron chi connectivity index (χ3n) is 3.15. The second kappa shape index (κ2) is 3.41. The lowest BCUT2D eigenvalue weighted by atomic mass is 10.1.